The zero-order chi connectivity index (χ0) is 7.28. The van der Waals surface area contributed by atoms with Crippen molar-refractivity contribution in [3.63, 3.8) is 0 Å². The summed E-state index contributed by atoms with van der Waals surface area (Å²) in [5.74, 6) is 0. The molecular weight excluding hydrogens is 112 g/mol. The van der Waals surface area contributed by atoms with Gasteiger partial charge in [-0.05, 0) is 26.7 Å². The van der Waals surface area contributed by atoms with Crippen LogP contribution in [0.4, 0.5) is 0 Å². The molecule has 1 radical (unpaired) electrons. The molecular formula is C8H17O. The highest BCUT2D eigenvalue weighted by molar-refractivity contribution is 4.58. The molecule has 0 heterocycles. The van der Waals surface area contributed by atoms with Gasteiger partial charge in [-0.2, -0.15) is 0 Å². The van der Waals surface area contributed by atoms with E-state index in [1.807, 2.05) is 0 Å². The Morgan fingerprint density at radius 3 is 2.22 bits per heavy atom. The molecule has 2 atom stereocenters. The third kappa shape index (κ3) is 4.46. The van der Waals surface area contributed by atoms with Crippen LogP contribution >= 0.6 is 0 Å². The van der Waals surface area contributed by atoms with Crippen molar-refractivity contribution in [2.24, 2.45) is 0 Å². The highest BCUT2D eigenvalue weighted by atomic mass is 16.5. The smallest absolute Gasteiger partial charge is 0.0577 e. The van der Waals surface area contributed by atoms with Crippen LogP contribution in [0.25, 0.3) is 0 Å². The van der Waals surface area contributed by atoms with Gasteiger partial charge in [0.1, 0.15) is 0 Å². The molecule has 0 rings (SSSR count). The molecule has 0 saturated heterocycles. The van der Waals surface area contributed by atoms with E-state index in [9.17, 15) is 0 Å². The Kier molecular flexibility index (Phi) is 4.78. The van der Waals surface area contributed by atoms with Crippen molar-refractivity contribution >= 4 is 0 Å². The van der Waals surface area contributed by atoms with Crippen molar-refractivity contribution in [1.82, 2.24) is 0 Å². The summed E-state index contributed by atoms with van der Waals surface area (Å²) < 4.78 is 5.44. The van der Waals surface area contributed by atoms with Crippen LogP contribution in [0.5, 0.6) is 0 Å². The normalized spacial score (nSPS) is 17.3. The SMILES string of the molecule is [CH2]C(CC)OC(C)CC. The Balaban J connectivity index is 3.22. The average molecular weight is 129 g/mol. The highest BCUT2D eigenvalue weighted by Gasteiger charge is 2.02. The molecule has 9 heavy (non-hydrogen) atoms. The number of rotatable bonds is 4. The third-order valence-corrected chi connectivity index (χ3v) is 1.46. The van der Waals surface area contributed by atoms with Gasteiger partial charge in [0.2, 0.25) is 0 Å². The second-order valence-electron chi connectivity index (χ2n) is 2.39. The predicted octanol–water partition coefficient (Wildman–Crippen LogP) is 2.41. The van der Waals surface area contributed by atoms with Gasteiger partial charge in [-0.25, -0.2) is 0 Å². The van der Waals surface area contributed by atoms with Gasteiger partial charge in [-0.3, -0.25) is 0 Å². The van der Waals surface area contributed by atoms with Crippen LogP contribution in [0.1, 0.15) is 33.6 Å². The van der Waals surface area contributed by atoms with Gasteiger partial charge in [-0.1, -0.05) is 13.8 Å². The lowest BCUT2D eigenvalue weighted by Gasteiger charge is -2.15. The number of hydrogen-bond donors (Lipinski definition) is 0. The first-order valence-electron chi connectivity index (χ1n) is 3.69. The Morgan fingerprint density at radius 1 is 1.33 bits per heavy atom. The summed E-state index contributed by atoms with van der Waals surface area (Å²) in [5, 5.41) is 0. The fourth-order valence-corrected chi connectivity index (χ4v) is 0.521. The minimum Gasteiger partial charge on any atom is -0.375 e. The Morgan fingerprint density at radius 2 is 1.89 bits per heavy atom. The lowest BCUT2D eigenvalue weighted by Crippen LogP contribution is -2.15. The quantitative estimate of drug-likeness (QED) is 0.566. The Labute approximate surface area is 58.4 Å². The van der Waals surface area contributed by atoms with Crippen LogP contribution in [0, 0.1) is 6.92 Å². The van der Waals surface area contributed by atoms with E-state index >= 15 is 0 Å². The Bertz CT molecular complexity index is 53.6. The molecule has 0 aromatic carbocycles. The van der Waals surface area contributed by atoms with Crippen LogP contribution < -0.4 is 0 Å². The maximum Gasteiger partial charge on any atom is 0.0577 e. The van der Waals surface area contributed by atoms with E-state index in [-0.39, 0.29) is 6.10 Å². The lowest BCUT2D eigenvalue weighted by atomic mass is 10.3. The van der Waals surface area contributed by atoms with E-state index in [2.05, 4.69) is 27.7 Å². The molecule has 0 saturated carbocycles. The molecule has 0 aliphatic rings. The Hall–Kier alpha value is -0.0400. The van der Waals surface area contributed by atoms with Gasteiger partial charge in [-0.15, -0.1) is 0 Å². The molecule has 0 fully saturated rings. The van der Waals surface area contributed by atoms with Crippen molar-refractivity contribution < 1.29 is 4.74 Å². The second-order valence-corrected chi connectivity index (χ2v) is 2.39. The maximum absolute atomic E-state index is 5.44. The number of ether oxygens (including phenoxy) is 1. The van der Waals surface area contributed by atoms with E-state index in [1.54, 1.807) is 0 Å². The van der Waals surface area contributed by atoms with Gasteiger partial charge >= 0.3 is 0 Å². The van der Waals surface area contributed by atoms with Crippen molar-refractivity contribution in [3.05, 3.63) is 6.92 Å². The standard InChI is InChI=1S/C8H17O/c1-5-7(3)9-8(4)6-2/h7-8H,3,5-6H2,1-2,4H3. The summed E-state index contributed by atoms with van der Waals surface area (Å²) in [6.45, 7) is 10.1. The largest absolute Gasteiger partial charge is 0.375 e. The lowest BCUT2D eigenvalue weighted by molar-refractivity contribution is 0.0193. The van der Waals surface area contributed by atoms with Crippen molar-refractivity contribution in [2.75, 3.05) is 0 Å². The predicted molar refractivity (Wildman–Crippen MR) is 40.3 cm³/mol. The van der Waals surface area contributed by atoms with Crippen LogP contribution in [0.3, 0.4) is 0 Å². The summed E-state index contributed by atoms with van der Waals surface area (Å²) in [6.07, 6.45) is 2.63. The second kappa shape index (κ2) is 4.80. The minimum absolute atomic E-state index is 0.181. The molecule has 0 bridgehead atoms. The van der Waals surface area contributed by atoms with Gasteiger partial charge in [0.25, 0.3) is 0 Å². The minimum atomic E-state index is 0.181. The number of hydrogen-bond acceptors (Lipinski definition) is 1. The molecule has 55 valence electrons. The molecule has 0 spiro atoms. The first kappa shape index (κ1) is 8.96. The molecule has 0 aromatic heterocycles. The van der Waals surface area contributed by atoms with Crippen molar-refractivity contribution in [1.29, 1.82) is 0 Å². The summed E-state index contributed by atoms with van der Waals surface area (Å²) in [6, 6.07) is 0. The summed E-state index contributed by atoms with van der Waals surface area (Å²) in [7, 11) is 0. The summed E-state index contributed by atoms with van der Waals surface area (Å²) in [4.78, 5) is 0. The zero-order valence-corrected chi connectivity index (χ0v) is 6.68. The molecule has 0 aliphatic heterocycles. The summed E-state index contributed by atoms with van der Waals surface area (Å²) in [5.41, 5.74) is 0. The first-order valence-corrected chi connectivity index (χ1v) is 3.69. The van der Waals surface area contributed by atoms with Gasteiger partial charge in [0.05, 0.1) is 12.2 Å². The van der Waals surface area contributed by atoms with Crippen LogP contribution in [0.15, 0.2) is 0 Å². The van der Waals surface area contributed by atoms with Gasteiger partial charge in [0, 0.05) is 0 Å². The summed E-state index contributed by atoms with van der Waals surface area (Å²) >= 11 is 0. The first-order chi connectivity index (χ1) is 4.20. The topological polar surface area (TPSA) is 9.23 Å². The van der Waals surface area contributed by atoms with E-state index in [0.717, 1.165) is 12.8 Å². The molecule has 2 unspecified atom stereocenters. The molecule has 0 aliphatic carbocycles. The fourth-order valence-electron chi connectivity index (χ4n) is 0.521. The molecule has 1 nitrogen and oxygen atoms in total. The highest BCUT2D eigenvalue weighted by Crippen LogP contribution is 2.03. The van der Waals surface area contributed by atoms with Crippen LogP contribution in [-0.2, 0) is 4.74 Å². The van der Waals surface area contributed by atoms with E-state index in [1.165, 1.54) is 0 Å². The van der Waals surface area contributed by atoms with Gasteiger partial charge < -0.3 is 4.74 Å². The van der Waals surface area contributed by atoms with E-state index in [4.69, 9.17) is 4.74 Å². The maximum atomic E-state index is 5.44. The molecule has 0 aromatic rings. The van der Waals surface area contributed by atoms with Crippen molar-refractivity contribution in [2.45, 2.75) is 45.8 Å². The zero-order valence-electron chi connectivity index (χ0n) is 6.68. The molecule has 0 amide bonds. The third-order valence-electron chi connectivity index (χ3n) is 1.46. The molecule has 0 N–H and O–H groups in total. The van der Waals surface area contributed by atoms with E-state index in [0.29, 0.717) is 6.10 Å². The average Bonchev–Trinajstić information content (AvgIpc) is 1.87. The fraction of sp³-hybridized carbons (Fsp3) is 0.875. The molecule has 1 heteroatoms. The monoisotopic (exact) mass is 129 g/mol. The van der Waals surface area contributed by atoms with Gasteiger partial charge in [0.15, 0.2) is 0 Å². The van der Waals surface area contributed by atoms with Crippen LogP contribution in [-0.4, -0.2) is 12.2 Å². The van der Waals surface area contributed by atoms with Crippen molar-refractivity contribution in [3.8, 4) is 0 Å². The van der Waals surface area contributed by atoms with Crippen LogP contribution in [0.2, 0.25) is 0 Å². The van der Waals surface area contributed by atoms with E-state index < -0.39 is 0 Å².